The molecule has 35 heavy (non-hydrogen) atoms. The van der Waals surface area contributed by atoms with E-state index in [1.54, 1.807) is 49.6 Å². The van der Waals surface area contributed by atoms with Gasteiger partial charge in [-0.1, -0.05) is 18.2 Å². The van der Waals surface area contributed by atoms with E-state index in [1.165, 1.54) is 24.3 Å². The average Bonchev–Trinajstić information content (AvgIpc) is 3.34. The third kappa shape index (κ3) is 5.97. The van der Waals surface area contributed by atoms with Gasteiger partial charge in [-0.25, -0.2) is 0 Å². The van der Waals surface area contributed by atoms with Crippen molar-refractivity contribution in [2.45, 2.75) is 13.5 Å². The smallest absolute Gasteiger partial charge is 0.291 e. The lowest BCUT2D eigenvalue weighted by Gasteiger charge is -2.10. The highest BCUT2D eigenvalue weighted by Gasteiger charge is 2.16. The molecule has 0 saturated heterocycles. The second kappa shape index (κ2) is 10.4. The van der Waals surface area contributed by atoms with Crippen LogP contribution in [0.25, 0.3) is 0 Å². The standard InChI is InChI=1S/C26H22N2O7/c1-17-5-3-4-6-24(17)35-23-14-18(13-19(15-23)28(30)31)27-26(29)25-12-11-22(34-25)16-33-21-9-7-20(32-2)8-10-21/h3-15H,16H2,1-2H3,(H,27,29). The summed E-state index contributed by atoms with van der Waals surface area (Å²) in [5.74, 6) is 2.01. The minimum absolute atomic E-state index is 0.0335. The molecule has 0 fully saturated rings. The fourth-order valence-corrected chi connectivity index (χ4v) is 3.21. The van der Waals surface area contributed by atoms with Crippen LogP contribution in [0.4, 0.5) is 11.4 Å². The van der Waals surface area contributed by atoms with Crippen molar-refractivity contribution < 1.29 is 28.3 Å². The Hall–Kier alpha value is -4.79. The molecule has 0 unspecified atom stereocenters. The first-order chi connectivity index (χ1) is 16.9. The van der Waals surface area contributed by atoms with Crippen LogP contribution in [-0.4, -0.2) is 17.9 Å². The predicted octanol–water partition coefficient (Wildman–Crippen LogP) is 6.13. The number of nitrogens with zero attached hydrogens (tertiary/aromatic N) is 1. The van der Waals surface area contributed by atoms with Gasteiger partial charge in [0.1, 0.15) is 35.4 Å². The zero-order valence-corrected chi connectivity index (χ0v) is 19.0. The Balaban J connectivity index is 1.45. The van der Waals surface area contributed by atoms with Crippen molar-refractivity contribution in [3.63, 3.8) is 0 Å². The van der Waals surface area contributed by atoms with Crippen molar-refractivity contribution in [1.29, 1.82) is 0 Å². The molecule has 4 aromatic rings. The number of aryl methyl sites for hydroxylation is 1. The number of nitro benzene ring substituents is 1. The number of para-hydroxylation sites is 1. The van der Waals surface area contributed by atoms with Gasteiger partial charge in [0.05, 0.1) is 23.8 Å². The largest absolute Gasteiger partial charge is 0.497 e. The summed E-state index contributed by atoms with van der Waals surface area (Å²) in [6.45, 7) is 1.98. The van der Waals surface area contributed by atoms with Crippen LogP contribution >= 0.6 is 0 Å². The molecular weight excluding hydrogens is 452 g/mol. The van der Waals surface area contributed by atoms with Gasteiger partial charge < -0.3 is 23.9 Å². The molecule has 178 valence electrons. The third-order valence-corrected chi connectivity index (χ3v) is 5.01. The molecule has 0 bridgehead atoms. The van der Waals surface area contributed by atoms with Crippen molar-refractivity contribution in [2.75, 3.05) is 12.4 Å². The van der Waals surface area contributed by atoms with Gasteiger partial charge in [-0.2, -0.15) is 0 Å². The summed E-state index contributed by atoms with van der Waals surface area (Å²) < 4.78 is 22.2. The Labute approximate surface area is 201 Å². The lowest BCUT2D eigenvalue weighted by Crippen LogP contribution is -2.11. The molecule has 1 N–H and O–H groups in total. The number of hydrogen-bond acceptors (Lipinski definition) is 7. The number of carbonyl (C=O) groups is 1. The Morgan fingerprint density at radius 3 is 2.43 bits per heavy atom. The van der Waals surface area contributed by atoms with Gasteiger partial charge >= 0.3 is 0 Å². The molecule has 0 atom stereocenters. The van der Waals surface area contributed by atoms with E-state index in [1.807, 2.05) is 19.1 Å². The highest BCUT2D eigenvalue weighted by molar-refractivity contribution is 6.02. The average molecular weight is 474 g/mol. The van der Waals surface area contributed by atoms with Crippen LogP contribution in [-0.2, 0) is 6.61 Å². The quantitative estimate of drug-likeness (QED) is 0.229. The summed E-state index contributed by atoms with van der Waals surface area (Å²) in [7, 11) is 1.58. The summed E-state index contributed by atoms with van der Waals surface area (Å²) in [6, 6.07) is 21.5. The number of nitro groups is 1. The van der Waals surface area contributed by atoms with Crippen molar-refractivity contribution in [3.05, 3.63) is 106 Å². The summed E-state index contributed by atoms with van der Waals surface area (Å²) in [4.78, 5) is 23.6. The van der Waals surface area contributed by atoms with Crippen LogP contribution in [0.2, 0.25) is 0 Å². The molecule has 3 aromatic carbocycles. The van der Waals surface area contributed by atoms with Gasteiger partial charge in [-0.15, -0.1) is 0 Å². The minimum atomic E-state index is -0.567. The third-order valence-electron chi connectivity index (χ3n) is 5.01. The number of hydrogen-bond donors (Lipinski definition) is 1. The van der Waals surface area contributed by atoms with Gasteiger partial charge in [0.2, 0.25) is 0 Å². The maximum Gasteiger partial charge on any atom is 0.291 e. The Morgan fingerprint density at radius 1 is 0.971 bits per heavy atom. The Kier molecular flexibility index (Phi) is 6.96. The molecule has 0 aliphatic heterocycles. The molecule has 0 radical (unpaired) electrons. The predicted molar refractivity (Wildman–Crippen MR) is 128 cm³/mol. The zero-order chi connectivity index (χ0) is 24.8. The molecule has 9 nitrogen and oxygen atoms in total. The van der Waals surface area contributed by atoms with Crippen molar-refractivity contribution in [2.24, 2.45) is 0 Å². The van der Waals surface area contributed by atoms with E-state index in [4.69, 9.17) is 18.6 Å². The van der Waals surface area contributed by atoms with Crippen LogP contribution in [0.15, 0.2) is 83.3 Å². The van der Waals surface area contributed by atoms with Crippen LogP contribution in [0.5, 0.6) is 23.0 Å². The van der Waals surface area contributed by atoms with E-state index < -0.39 is 10.8 Å². The highest BCUT2D eigenvalue weighted by Crippen LogP contribution is 2.31. The number of methoxy groups -OCH3 is 1. The lowest BCUT2D eigenvalue weighted by atomic mass is 10.2. The van der Waals surface area contributed by atoms with Crippen LogP contribution in [0.1, 0.15) is 21.9 Å². The fourth-order valence-electron chi connectivity index (χ4n) is 3.21. The number of nitrogens with one attached hydrogen (secondary N) is 1. The minimum Gasteiger partial charge on any atom is -0.497 e. The number of ether oxygens (including phenoxy) is 3. The normalized spacial score (nSPS) is 10.5. The number of benzene rings is 3. The summed E-state index contributed by atoms with van der Waals surface area (Å²) in [5.41, 5.74) is 0.837. The van der Waals surface area contributed by atoms with Gasteiger partial charge in [0.15, 0.2) is 5.76 Å². The molecule has 0 saturated carbocycles. The molecule has 0 spiro atoms. The number of carbonyl (C=O) groups excluding carboxylic acids is 1. The van der Waals surface area contributed by atoms with Crippen molar-refractivity contribution in [1.82, 2.24) is 0 Å². The molecule has 4 rings (SSSR count). The zero-order valence-electron chi connectivity index (χ0n) is 19.0. The molecule has 9 heteroatoms. The van der Waals surface area contributed by atoms with Gasteiger partial charge in [0, 0.05) is 12.1 Å². The van der Waals surface area contributed by atoms with Crippen molar-refractivity contribution in [3.8, 4) is 23.0 Å². The van der Waals surface area contributed by atoms with Gasteiger partial charge in [-0.05, 0) is 55.0 Å². The number of furan rings is 1. The van der Waals surface area contributed by atoms with E-state index in [-0.39, 0.29) is 29.5 Å². The van der Waals surface area contributed by atoms with E-state index >= 15 is 0 Å². The second-order valence-electron chi connectivity index (χ2n) is 7.52. The number of anilines is 1. The fraction of sp³-hybridized carbons (Fsp3) is 0.115. The van der Waals surface area contributed by atoms with Gasteiger partial charge in [-0.3, -0.25) is 14.9 Å². The van der Waals surface area contributed by atoms with E-state index in [0.29, 0.717) is 23.0 Å². The summed E-state index contributed by atoms with van der Waals surface area (Å²) in [6.07, 6.45) is 0. The van der Waals surface area contributed by atoms with Crippen LogP contribution in [0, 0.1) is 17.0 Å². The van der Waals surface area contributed by atoms with E-state index in [9.17, 15) is 14.9 Å². The monoisotopic (exact) mass is 474 g/mol. The number of non-ortho nitro benzene ring substituents is 1. The highest BCUT2D eigenvalue weighted by atomic mass is 16.6. The second-order valence-corrected chi connectivity index (χ2v) is 7.52. The molecule has 0 aliphatic carbocycles. The topological polar surface area (TPSA) is 113 Å². The molecular formula is C26H22N2O7. The Bertz CT molecular complexity index is 1350. The maximum atomic E-state index is 12.7. The van der Waals surface area contributed by atoms with Gasteiger partial charge in [0.25, 0.3) is 11.6 Å². The van der Waals surface area contributed by atoms with E-state index in [0.717, 1.165) is 5.56 Å². The first-order valence-electron chi connectivity index (χ1n) is 10.6. The number of rotatable bonds is 9. The van der Waals surface area contributed by atoms with Crippen molar-refractivity contribution >= 4 is 17.3 Å². The summed E-state index contributed by atoms with van der Waals surface area (Å²) >= 11 is 0. The summed E-state index contributed by atoms with van der Waals surface area (Å²) in [5, 5.41) is 14.0. The molecule has 1 aromatic heterocycles. The van der Waals surface area contributed by atoms with Crippen LogP contribution in [0.3, 0.4) is 0 Å². The first-order valence-corrected chi connectivity index (χ1v) is 10.6. The van der Waals surface area contributed by atoms with Crippen LogP contribution < -0.4 is 19.5 Å². The molecule has 0 aliphatic rings. The Morgan fingerprint density at radius 2 is 1.71 bits per heavy atom. The maximum absolute atomic E-state index is 12.7. The molecule has 1 amide bonds. The van der Waals surface area contributed by atoms with E-state index in [2.05, 4.69) is 5.32 Å². The lowest BCUT2D eigenvalue weighted by molar-refractivity contribution is -0.384. The molecule has 1 heterocycles. The SMILES string of the molecule is COc1ccc(OCc2ccc(C(=O)Nc3cc(Oc4ccccc4C)cc([N+](=O)[O-])c3)o2)cc1. The number of amides is 1. The first kappa shape index (κ1) is 23.4.